The van der Waals surface area contributed by atoms with Crippen molar-refractivity contribution in [1.29, 1.82) is 0 Å². The first-order valence-electron chi connectivity index (χ1n) is 4.44. The average molecular weight is 199 g/mol. The van der Waals surface area contributed by atoms with Gasteiger partial charge in [0.15, 0.2) is 5.78 Å². The largest absolute Gasteiger partial charge is 0.289 e. The quantitative estimate of drug-likeness (QED) is 0.629. The molecule has 0 saturated carbocycles. The Morgan fingerprint density at radius 3 is 3.21 bits per heavy atom. The first-order chi connectivity index (χ1) is 6.82. The van der Waals surface area contributed by atoms with E-state index in [0.717, 1.165) is 16.1 Å². The summed E-state index contributed by atoms with van der Waals surface area (Å²) >= 11 is 1.65. The summed E-state index contributed by atoms with van der Waals surface area (Å²) < 4.78 is 0. The average Bonchev–Trinajstić information content (AvgIpc) is 2.62. The van der Waals surface area contributed by atoms with Crippen LogP contribution in [-0.4, -0.2) is 12.0 Å². The van der Waals surface area contributed by atoms with Crippen LogP contribution < -0.4 is 0 Å². The number of dihydropyridines is 1. The van der Waals surface area contributed by atoms with E-state index >= 15 is 0 Å². The van der Waals surface area contributed by atoms with Crippen molar-refractivity contribution in [1.82, 2.24) is 0 Å². The maximum atomic E-state index is 11.7. The zero-order chi connectivity index (χ0) is 9.34. The van der Waals surface area contributed by atoms with E-state index in [1.165, 1.54) is 5.57 Å². The summed E-state index contributed by atoms with van der Waals surface area (Å²) in [5.74, 6) is 0.0978. The molecule has 3 aliphatic rings. The van der Waals surface area contributed by atoms with Crippen LogP contribution in [0.25, 0.3) is 0 Å². The van der Waals surface area contributed by atoms with Gasteiger partial charge in [-0.1, -0.05) is 6.08 Å². The van der Waals surface area contributed by atoms with E-state index in [0.29, 0.717) is 0 Å². The second-order valence-electron chi connectivity index (χ2n) is 3.72. The highest BCUT2D eigenvalue weighted by molar-refractivity contribution is 7.10. The maximum Gasteiger partial charge on any atom is 0.188 e. The van der Waals surface area contributed by atoms with Gasteiger partial charge in [0.1, 0.15) is 0 Å². The summed E-state index contributed by atoms with van der Waals surface area (Å²) in [6.07, 6.45) is 5.73. The standard InChI is InChI=1S/C11H5NOS/c13-8-3-9-11(4-6(11)5-12-9)10-7(8)1-2-14-10/h1-5H. The van der Waals surface area contributed by atoms with Crippen LogP contribution in [0.2, 0.25) is 0 Å². The van der Waals surface area contributed by atoms with Crippen LogP contribution in [0.1, 0.15) is 15.2 Å². The van der Waals surface area contributed by atoms with Crippen LogP contribution in [0, 0.1) is 0 Å². The molecule has 66 valence electrons. The predicted molar refractivity (Wildman–Crippen MR) is 55.0 cm³/mol. The molecule has 0 amide bonds. The molecule has 2 nitrogen and oxygen atoms in total. The fraction of sp³-hybridized carbons (Fsp3) is 0.0909. The lowest BCUT2D eigenvalue weighted by molar-refractivity contribution is 0.104. The SMILES string of the molecule is O=C1C=C2N=CC3=CC32c2sccc21. The number of ketones is 1. The predicted octanol–water partition coefficient (Wildman–Crippen LogP) is 2.09. The third-order valence-electron chi connectivity index (χ3n) is 3.05. The topological polar surface area (TPSA) is 29.4 Å². The number of rotatable bonds is 0. The molecule has 14 heavy (non-hydrogen) atoms. The van der Waals surface area contributed by atoms with Crippen LogP contribution >= 0.6 is 11.3 Å². The van der Waals surface area contributed by atoms with Crippen molar-refractivity contribution < 1.29 is 4.79 Å². The van der Waals surface area contributed by atoms with Crippen molar-refractivity contribution in [2.45, 2.75) is 5.41 Å². The molecular formula is C11H5NOS. The second kappa shape index (κ2) is 1.81. The van der Waals surface area contributed by atoms with Gasteiger partial charge in [-0.3, -0.25) is 9.79 Å². The number of nitrogens with zero attached hydrogens (tertiary/aromatic N) is 1. The molecule has 1 unspecified atom stereocenters. The van der Waals surface area contributed by atoms with Crippen LogP contribution in [-0.2, 0) is 5.41 Å². The van der Waals surface area contributed by atoms with Crippen LogP contribution in [0.15, 0.2) is 39.9 Å². The number of carbonyl (C=O) groups excluding carboxylic acids is 1. The van der Waals surface area contributed by atoms with Crippen molar-refractivity contribution in [2.24, 2.45) is 4.99 Å². The first-order valence-corrected chi connectivity index (χ1v) is 5.32. The monoisotopic (exact) mass is 199 g/mol. The van der Waals surface area contributed by atoms with Crippen LogP contribution in [0.4, 0.5) is 0 Å². The number of hydrogen-bond donors (Lipinski definition) is 0. The minimum atomic E-state index is -0.0720. The molecule has 1 aliphatic heterocycles. The number of fused-ring (bicyclic) bond motifs is 1. The normalized spacial score (nSPS) is 30.4. The van der Waals surface area contributed by atoms with Gasteiger partial charge in [0, 0.05) is 22.7 Å². The molecule has 0 radical (unpaired) electrons. The number of carbonyl (C=O) groups is 1. The molecule has 0 fully saturated rings. The van der Waals surface area contributed by atoms with Gasteiger partial charge in [0.2, 0.25) is 0 Å². The lowest BCUT2D eigenvalue weighted by Gasteiger charge is -2.18. The molecule has 2 aliphatic carbocycles. The van der Waals surface area contributed by atoms with Crippen molar-refractivity contribution in [3.63, 3.8) is 0 Å². The van der Waals surface area contributed by atoms with E-state index in [-0.39, 0.29) is 11.2 Å². The van der Waals surface area contributed by atoms with Gasteiger partial charge in [0.25, 0.3) is 0 Å². The summed E-state index contributed by atoms with van der Waals surface area (Å²) in [7, 11) is 0. The van der Waals surface area contributed by atoms with E-state index in [9.17, 15) is 4.79 Å². The number of allylic oxidation sites excluding steroid dienone is 2. The van der Waals surface area contributed by atoms with Crippen molar-refractivity contribution in [3.05, 3.63) is 45.3 Å². The minimum absolute atomic E-state index is 0.0720. The molecule has 0 aromatic carbocycles. The zero-order valence-electron chi connectivity index (χ0n) is 7.15. The summed E-state index contributed by atoms with van der Waals surface area (Å²) in [6.45, 7) is 0. The molecule has 4 rings (SSSR count). The number of aliphatic imine (C=N–C) groups is 1. The maximum absolute atomic E-state index is 11.7. The molecule has 1 aromatic heterocycles. The Balaban J connectivity index is 2.09. The van der Waals surface area contributed by atoms with E-state index < -0.39 is 0 Å². The summed E-state index contributed by atoms with van der Waals surface area (Å²) in [5.41, 5.74) is 2.94. The Bertz CT molecular complexity index is 576. The first kappa shape index (κ1) is 6.90. The van der Waals surface area contributed by atoms with E-state index in [2.05, 4.69) is 11.1 Å². The van der Waals surface area contributed by atoms with Gasteiger partial charge >= 0.3 is 0 Å². The fourth-order valence-electron chi connectivity index (χ4n) is 2.27. The van der Waals surface area contributed by atoms with E-state index in [4.69, 9.17) is 0 Å². The Labute approximate surface area is 84.3 Å². The van der Waals surface area contributed by atoms with Crippen molar-refractivity contribution in [2.75, 3.05) is 0 Å². The molecule has 3 heteroatoms. The zero-order valence-corrected chi connectivity index (χ0v) is 7.97. The molecule has 1 spiro atoms. The lowest BCUT2D eigenvalue weighted by atomic mass is 9.86. The van der Waals surface area contributed by atoms with Gasteiger partial charge in [-0.2, -0.15) is 0 Å². The van der Waals surface area contributed by atoms with Crippen LogP contribution in [0.5, 0.6) is 0 Å². The smallest absolute Gasteiger partial charge is 0.188 e. The third kappa shape index (κ3) is 0.527. The molecule has 1 atom stereocenters. The third-order valence-corrected chi connectivity index (χ3v) is 4.10. The number of hydrogen-bond acceptors (Lipinski definition) is 3. The van der Waals surface area contributed by atoms with Gasteiger partial charge in [-0.25, -0.2) is 0 Å². The van der Waals surface area contributed by atoms with Crippen molar-refractivity contribution in [3.8, 4) is 0 Å². The molecule has 1 aromatic rings. The fourth-order valence-corrected chi connectivity index (χ4v) is 3.38. The Morgan fingerprint density at radius 1 is 1.43 bits per heavy atom. The van der Waals surface area contributed by atoms with E-state index in [1.54, 1.807) is 17.4 Å². The molecular weight excluding hydrogens is 194 g/mol. The summed E-state index contributed by atoms with van der Waals surface area (Å²) in [6, 6.07) is 1.91. The second-order valence-corrected chi connectivity index (χ2v) is 4.64. The molecule has 0 N–H and O–H groups in total. The van der Waals surface area contributed by atoms with E-state index in [1.807, 2.05) is 17.7 Å². The summed E-state index contributed by atoms with van der Waals surface area (Å²) in [4.78, 5) is 17.1. The van der Waals surface area contributed by atoms with Crippen molar-refractivity contribution >= 4 is 23.3 Å². The minimum Gasteiger partial charge on any atom is -0.289 e. The molecule has 0 saturated heterocycles. The highest BCUT2D eigenvalue weighted by Crippen LogP contribution is 2.59. The van der Waals surface area contributed by atoms with Gasteiger partial charge in [0.05, 0.1) is 11.1 Å². The summed E-state index contributed by atoms with van der Waals surface area (Å²) in [5, 5.41) is 1.98. The van der Waals surface area contributed by atoms with Gasteiger partial charge in [-0.05, 0) is 17.0 Å². The number of thiophene rings is 1. The highest BCUT2D eigenvalue weighted by atomic mass is 32.1. The van der Waals surface area contributed by atoms with Crippen LogP contribution in [0.3, 0.4) is 0 Å². The Morgan fingerprint density at radius 2 is 2.36 bits per heavy atom. The Hall–Kier alpha value is -1.48. The lowest BCUT2D eigenvalue weighted by Crippen LogP contribution is -2.18. The van der Waals surface area contributed by atoms with Gasteiger partial charge in [-0.15, -0.1) is 11.3 Å². The highest BCUT2D eigenvalue weighted by Gasteiger charge is 2.55. The molecule has 0 bridgehead atoms. The van der Waals surface area contributed by atoms with Gasteiger partial charge < -0.3 is 0 Å². The Kier molecular flexibility index (Phi) is 0.893. The molecule has 2 heterocycles.